The zero-order valence-electron chi connectivity index (χ0n) is 11.7. The average molecular weight is 272 g/mol. The Morgan fingerprint density at radius 1 is 1.20 bits per heavy atom. The van der Waals surface area contributed by atoms with Gasteiger partial charge >= 0.3 is 0 Å². The van der Waals surface area contributed by atoms with Crippen LogP contribution in [0, 0.1) is 0 Å². The Kier molecular flexibility index (Phi) is 4.96. The largest absolute Gasteiger partial charge is 0.497 e. The van der Waals surface area contributed by atoms with Crippen molar-refractivity contribution in [2.45, 2.75) is 19.4 Å². The van der Waals surface area contributed by atoms with Gasteiger partial charge in [0.2, 0.25) is 5.91 Å². The van der Waals surface area contributed by atoms with Gasteiger partial charge in [0.25, 0.3) is 0 Å². The molecule has 0 aliphatic carbocycles. The van der Waals surface area contributed by atoms with Crippen molar-refractivity contribution in [2.75, 3.05) is 13.7 Å². The van der Waals surface area contributed by atoms with Crippen LogP contribution in [-0.4, -0.2) is 19.6 Å². The summed E-state index contributed by atoms with van der Waals surface area (Å²) in [4.78, 5) is 11.5. The lowest BCUT2D eigenvalue weighted by Crippen LogP contribution is -2.23. The number of amides is 1. The highest BCUT2D eigenvalue weighted by atomic mass is 16.5. The Balaban J connectivity index is 2.03. The first-order valence-electron chi connectivity index (χ1n) is 6.76. The van der Waals surface area contributed by atoms with Crippen molar-refractivity contribution < 1.29 is 9.53 Å². The van der Waals surface area contributed by atoms with E-state index >= 15 is 0 Å². The summed E-state index contributed by atoms with van der Waals surface area (Å²) in [5.74, 6) is 0.894. The Morgan fingerprint density at radius 3 is 2.70 bits per heavy atom. The molecule has 2 aromatic carbocycles. The van der Waals surface area contributed by atoms with Gasteiger partial charge in [0.1, 0.15) is 5.75 Å². The smallest absolute Gasteiger partial charge is 0.220 e. The predicted molar refractivity (Wildman–Crippen MR) is 80.6 cm³/mol. The van der Waals surface area contributed by atoms with Crippen LogP contribution in [-0.2, 0) is 11.3 Å². The molecule has 0 heterocycles. The highest BCUT2D eigenvalue weighted by Gasteiger charge is 2.02. The number of hydrogen-bond acceptors (Lipinski definition) is 3. The molecule has 2 aromatic rings. The van der Waals surface area contributed by atoms with Crippen molar-refractivity contribution in [3.63, 3.8) is 0 Å². The quantitative estimate of drug-likeness (QED) is 0.847. The van der Waals surface area contributed by atoms with Gasteiger partial charge in [-0.05, 0) is 47.5 Å². The summed E-state index contributed by atoms with van der Waals surface area (Å²) >= 11 is 0. The SMILES string of the molecule is COc1ccc2cc(CNC(=O)CCCN)ccc2c1. The van der Waals surface area contributed by atoms with Crippen molar-refractivity contribution in [3.8, 4) is 5.75 Å². The van der Waals surface area contributed by atoms with E-state index in [-0.39, 0.29) is 5.91 Å². The van der Waals surface area contributed by atoms with Crippen LogP contribution in [0.5, 0.6) is 5.75 Å². The normalized spacial score (nSPS) is 10.5. The number of fused-ring (bicyclic) bond motifs is 1. The third-order valence-corrected chi connectivity index (χ3v) is 3.21. The highest BCUT2D eigenvalue weighted by Crippen LogP contribution is 2.21. The number of hydrogen-bond donors (Lipinski definition) is 2. The molecule has 20 heavy (non-hydrogen) atoms. The van der Waals surface area contributed by atoms with Crippen LogP contribution in [0.15, 0.2) is 36.4 Å². The molecule has 0 bridgehead atoms. The minimum atomic E-state index is 0.0466. The maximum Gasteiger partial charge on any atom is 0.220 e. The molecule has 0 atom stereocenters. The van der Waals surface area contributed by atoms with Crippen LogP contribution < -0.4 is 15.8 Å². The molecule has 0 aromatic heterocycles. The van der Waals surface area contributed by atoms with Gasteiger partial charge in [0.15, 0.2) is 0 Å². The third-order valence-electron chi connectivity index (χ3n) is 3.21. The molecule has 0 aliphatic heterocycles. The summed E-state index contributed by atoms with van der Waals surface area (Å²) in [5, 5.41) is 5.17. The second-order valence-electron chi connectivity index (χ2n) is 4.72. The summed E-state index contributed by atoms with van der Waals surface area (Å²) in [6.07, 6.45) is 1.21. The first-order chi connectivity index (χ1) is 9.72. The topological polar surface area (TPSA) is 64.3 Å². The number of ether oxygens (including phenoxy) is 1. The van der Waals surface area contributed by atoms with Gasteiger partial charge in [-0.15, -0.1) is 0 Å². The Bertz CT molecular complexity index is 596. The van der Waals surface area contributed by atoms with Crippen molar-refractivity contribution in [3.05, 3.63) is 42.0 Å². The summed E-state index contributed by atoms with van der Waals surface area (Å²) in [6.45, 7) is 1.09. The van der Waals surface area contributed by atoms with Crippen molar-refractivity contribution in [2.24, 2.45) is 5.73 Å². The summed E-state index contributed by atoms with van der Waals surface area (Å²) in [5.41, 5.74) is 6.47. The van der Waals surface area contributed by atoms with E-state index in [1.807, 2.05) is 30.3 Å². The fraction of sp³-hybridized carbons (Fsp3) is 0.312. The monoisotopic (exact) mass is 272 g/mol. The van der Waals surface area contributed by atoms with E-state index in [0.29, 0.717) is 19.5 Å². The lowest BCUT2D eigenvalue weighted by Gasteiger charge is -2.07. The zero-order chi connectivity index (χ0) is 14.4. The number of rotatable bonds is 6. The number of nitrogens with two attached hydrogens (primary N) is 1. The van der Waals surface area contributed by atoms with E-state index in [9.17, 15) is 4.79 Å². The van der Waals surface area contributed by atoms with Gasteiger partial charge in [-0.3, -0.25) is 4.79 Å². The standard InChI is InChI=1S/C16H20N2O2/c1-20-15-7-6-13-9-12(4-5-14(13)10-15)11-18-16(19)3-2-8-17/h4-7,9-10H,2-3,8,11,17H2,1H3,(H,18,19). The Labute approximate surface area is 118 Å². The van der Waals surface area contributed by atoms with Gasteiger partial charge in [-0.1, -0.05) is 18.2 Å². The first-order valence-corrected chi connectivity index (χ1v) is 6.76. The lowest BCUT2D eigenvalue weighted by molar-refractivity contribution is -0.121. The van der Waals surface area contributed by atoms with Crippen molar-refractivity contribution in [1.82, 2.24) is 5.32 Å². The van der Waals surface area contributed by atoms with Crippen LogP contribution in [0.4, 0.5) is 0 Å². The molecule has 2 rings (SSSR count). The Hall–Kier alpha value is -2.07. The van der Waals surface area contributed by atoms with Crippen LogP contribution in [0.1, 0.15) is 18.4 Å². The first kappa shape index (κ1) is 14.3. The molecule has 3 N–H and O–H groups in total. The highest BCUT2D eigenvalue weighted by molar-refractivity contribution is 5.84. The molecule has 106 valence electrons. The minimum Gasteiger partial charge on any atom is -0.497 e. The molecular formula is C16H20N2O2. The minimum absolute atomic E-state index is 0.0466. The number of carbonyl (C=O) groups is 1. The molecule has 4 heteroatoms. The zero-order valence-corrected chi connectivity index (χ0v) is 11.7. The fourth-order valence-corrected chi connectivity index (χ4v) is 2.06. The molecule has 0 unspecified atom stereocenters. The van der Waals surface area contributed by atoms with E-state index in [1.54, 1.807) is 7.11 Å². The van der Waals surface area contributed by atoms with Gasteiger partial charge in [0, 0.05) is 13.0 Å². The van der Waals surface area contributed by atoms with Gasteiger partial charge in [0.05, 0.1) is 7.11 Å². The average Bonchev–Trinajstić information content (AvgIpc) is 2.50. The van der Waals surface area contributed by atoms with Crippen LogP contribution in [0.25, 0.3) is 10.8 Å². The van der Waals surface area contributed by atoms with E-state index in [1.165, 1.54) is 0 Å². The predicted octanol–water partition coefficient (Wildman–Crippen LogP) is 2.20. The number of nitrogens with one attached hydrogen (secondary N) is 1. The number of benzene rings is 2. The molecule has 0 fully saturated rings. The van der Waals surface area contributed by atoms with Gasteiger partial charge in [-0.2, -0.15) is 0 Å². The maximum atomic E-state index is 11.5. The van der Waals surface area contributed by atoms with E-state index < -0.39 is 0 Å². The molecule has 0 saturated heterocycles. The maximum absolute atomic E-state index is 11.5. The summed E-state index contributed by atoms with van der Waals surface area (Å²) in [6, 6.07) is 12.1. The second kappa shape index (κ2) is 6.91. The van der Waals surface area contributed by atoms with E-state index in [0.717, 1.165) is 28.5 Å². The Morgan fingerprint density at radius 2 is 1.95 bits per heavy atom. The molecule has 0 spiro atoms. The van der Waals surface area contributed by atoms with E-state index in [2.05, 4.69) is 11.4 Å². The molecule has 0 saturated carbocycles. The lowest BCUT2D eigenvalue weighted by atomic mass is 10.1. The van der Waals surface area contributed by atoms with E-state index in [4.69, 9.17) is 10.5 Å². The van der Waals surface area contributed by atoms with Gasteiger partial charge < -0.3 is 15.8 Å². The molecular weight excluding hydrogens is 252 g/mol. The number of carbonyl (C=O) groups excluding carboxylic acids is 1. The molecule has 0 radical (unpaired) electrons. The summed E-state index contributed by atoms with van der Waals surface area (Å²) < 4.78 is 5.20. The van der Waals surface area contributed by atoms with Crippen molar-refractivity contribution >= 4 is 16.7 Å². The summed E-state index contributed by atoms with van der Waals surface area (Å²) in [7, 11) is 1.66. The molecule has 4 nitrogen and oxygen atoms in total. The number of methoxy groups -OCH3 is 1. The third kappa shape index (κ3) is 3.71. The van der Waals surface area contributed by atoms with Crippen LogP contribution in [0.2, 0.25) is 0 Å². The van der Waals surface area contributed by atoms with Crippen LogP contribution >= 0.6 is 0 Å². The van der Waals surface area contributed by atoms with Crippen molar-refractivity contribution in [1.29, 1.82) is 0 Å². The van der Waals surface area contributed by atoms with Gasteiger partial charge in [-0.25, -0.2) is 0 Å². The molecule has 0 aliphatic rings. The molecule has 1 amide bonds. The van der Waals surface area contributed by atoms with Crippen LogP contribution in [0.3, 0.4) is 0 Å². The fourth-order valence-electron chi connectivity index (χ4n) is 2.06. The second-order valence-corrected chi connectivity index (χ2v) is 4.72.